The second kappa shape index (κ2) is 7.72. The first-order valence-corrected chi connectivity index (χ1v) is 8.96. The van der Waals surface area contributed by atoms with E-state index in [4.69, 9.17) is 4.52 Å². The topological polar surface area (TPSA) is 58.4 Å². The summed E-state index contributed by atoms with van der Waals surface area (Å²) in [5, 5.41) is 7.02. The highest BCUT2D eigenvalue weighted by atomic mass is 19.1. The van der Waals surface area contributed by atoms with Crippen molar-refractivity contribution in [3.05, 3.63) is 77.3 Å². The van der Waals surface area contributed by atoms with Gasteiger partial charge in [-0.25, -0.2) is 4.39 Å². The van der Waals surface area contributed by atoms with Crippen LogP contribution in [-0.4, -0.2) is 29.1 Å². The van der Waals surface area contributed by atoms with Gasteiger partial charge in [0.1, 0.15) is 17.3 Å². The monoisotopic (exact) mass is 365 g/mol. The average Bonchev–Trinajstić information content (AvgIpc) is 3.11. The van der Waals surface area contributed by atoms with Crippen molar-refractivity contribution in [2.75, 3.05) is 13.1 Å². The Hall–Kier alpha value is -2.99. The number of rotatable bonds is 5. The molecule has 0 radical (unpaired) electrons. The molecule has 5 nitrogen and oxygen atoms in total. The molecule has 1 aliphatic rings. The van der Waals surface area contributed by atoms with Crippen LogP contribution >= 0.6 is 0 Å². The lowest BCUT2D eigenvalue weighted by Crippen LogP contribution is -2.39. The molecule has 2 heterocycles. The van der Waals surface area contributed by atoms with E-state index in [0.717, 1.165) is 16.9 Å². The first-order chi connectivity index (χ1) is 13.2. The number of hydrogen-bond acceptors (Lipinski definition) is 4. The van der Waals surface area contributed by atoms with Gasteiger partial charge < -0.3 is 9.84 Å². The van der Waals surface area contributed by atoms with Crippen LogP contribution in [0.2, 0.25) is 0 Å². The van der Waals surface area contributed by atoms with Crippen molar-refractivity contribution in [2.24, 2.45) is 0 Å². The smallest absolute Gasteiger partial charge is 0.234 e. The molecule has 27 heavy (non-hydrogen) atoms. The molecule has 0 unspecified atom stereocenters. The molecule has 1 amide bonds. The van der Waals surface area contributed by atoms with E-state index in [2.05, 4.69) is 10.5 Å². The van der Waals surface area contributed by atoms with Crippen molar-refractivity contribution in [1.29, 1.82) is 0 Å². The predicted molar refractivity (Wildman–Crippen MR) is 99.2 cm³/mol. The number of carbonyl (C=O) groups excluding carboxylic acids is 1. The van der Waals surface area contributed by atoms with E-state index in [1.54, 1.807) is 18.2 Å². The van der Waals surface area contributed by atoms with Gasteiger partial charge in [0, 0.05) is 37.2 Å². The van der Waals surface area contributed by atoms with E-state index in [-0.39, 0.29) is 18.3 Å². The molecule has 1 N–H and O–H groups in total. The average molecular weight is 365 g/mol. The highest BCUT2D eigenvalue weighted by molar-refractivity contribution is 5.78. The van der Waals surface area contributed by atoms with E-state index in [1.165, 1.54) is 6.07 Å². The minimum atomic E-state index is -0.327. The van der Waals surface area contributed by atoms with Gasteiger partial charge in [0.25, 0.3) is 0 Å². The summed E-state index contributed by atoms with van der Waals surface area (Å²) in [4.78, 5) is 14.3. The Kier molecular flexibility index (Phi) is 4.98. The molecule has 0 aliphatic carbocycles. The molecule has 138 valence electrons. The number of nitrogens with one attached hydrogen (secondary N) is 1. The van der Waals surface area contributed by atoms with Crippen LogP contribution in [0, 0.1) is 5.82 Å². The molecule has 2 aromatic carbocycles. The Balaban J connectivity index is 1.42. The van der Waals surface area contributed by atoms with Gasteiger partial charge in [-0.05, 0) is 17.7 Å². The first-order valence-electron chi connectivity index (χ1n) is 8.96. The van der Waals surface area contributed by atoms with Gasteiger partial charge in [0.2, 0.25) is 5.91 Å². The van der Waals surface area contributed by atoms with E-state index in [0.29, 0.717) is 37.3 Å². The molecule has 0 saturated carbocycles. The van der Waals surface area contributed by atoms with Crippen molar-refractivity contribution in [2.45, 2.75) is 19.5 Å². The molecular weight excluding hydrogens is 345 g/mol. The maximum absolute atomic E-state index is 14.1. The number of carbonyl (C=O) groups is 1. The lowest BCUT2D eigenvalue weighted by atomic mass is 10.0. The summed E-state index contributed by atoms with van der Waals surface area (Å²) in [6.45, 7) is 2.01. The van der Waals surface area contributed by atoms with Crippen molar-refractivity contribution in [3.63, 3.8) is 0 Å². The van der Waals surface area contributed by atoms with Crippen LogP contribution in [0.1, 0.15) is 16.9 Å². The van der Waals surface area contributed by atoms with Gasteiger partial charge in [0.15, 0.2) is 0 Å². The fraction of sp³-hybridized carbons (Fsp3) is 0.238. The Morgan fingerprint density at radius 1 is 1.15 bits per heavy atom. The molecule has 4 rings (SSSR count). The van der Waals surface area contributed by atoms with Crippen LogP contribution < -0.4 is 5.32 Å². The lowest BCUT2D eigenvalue weighted by molar-refractivity contribution is -0.122. The fourth-order valence-corrected chi connectivity index (χ4v) is 3.32. The molecule has 0 atom stereocenters. The molecule has 0 bridgehead atoms. The van der Waals surface area contributed by atoms with Gasteiger partial charge in [0.05, 0.1) is 6.54 Å². The van der Waals surface area contributed by atoms with Crippen molar-refractivity contribution >= 4 is 5.91 Å². The third-order valence-corrected chi connectivity index (χ3v) is 4.74. The highest BCUT2D eigenvalue weighted by Gasteiger charge is 2.26. The highest BCUT2D eigenvalue weighted by Crippen LogP contribution is 2.31. The summed E-state index contributed by atoms with van der Waals surface area (Å²) in [5.41, 5.74) is 2.88. The SMILES string of the molecule is O=C(CN1CCc2onc(-c3ccccc3F)c2C1)NCc1ccccc1. The number of hydrogen-bond donors (Lipinski definition) is 1. The predicted octanol–water partition coefficient (Wildman–Crippen LogP) is 3.16. The zero-order chi connectivity index (χ0) is 18.6. The minimum absolute atomic E-state index is 0.0359. The summed E-state index contributed by atoms with van der Waals surface area (Å²) in [6.07, 6.45) is 0.656. The van der Waals surface area contributed by atoms with Crippen LogP contribution in [-0.2, 0) is 24.3 Å². The number of fused-ring (bicyclic) bond motifs is 1. The fourth-order valence-electron chi connectivity index (χ4n) is 3.32. The summed E-state index contributed by atoms with van der Waals surface area (Å²) in [7, 11) is 0. The number of halogens is 1. The van der Waals surface area contributed by atoms with Crippen LogP contribution in [0.4, 0.5) is 4.39 Å². The minimum Gasteiger partial charge on any atom is -0.360 e. The van der Waals surface area contributed by atoms with Crippen molar-refractivity contribution < 1.29 is 13.7 Å². The quantitative estimate of drug-likeness (QED) is 0.755. The summed E-state index contributed by atoms with van der Waals surface area (Å²) in [5.74, 6) is 0.409. The van der Waals surface area contributed by atoms with E-state index in [1.807, 2.05) is 35.2 Å². The summed E-state index contributed by atoms with van der Waals surface area (Å²) in [6, 6.07) is 16.3. The molecule has 0 spiro atoms. The van der Waals surface area contributed by atoms with E-state index < -0.39 is 0 Å². The zero-order valence-electron chi connectivity index (χ0n) is 14.8. The van der Waals surface area contributed by atoms with Crippen LogP contribution in [0.3, 0.4) is 0 Å². The standard InChI is InChI=1S/C21H20FN3O2/c22-18-9-5-4-8-16(18)21-17-13-25(11-10-19(17)27-24-21)14-20(26)23-12-15-6-2-1-3-7-15/h1-9H,10-14H2,(H,23,26). The molecule has 1 aromatic heterocycles. The Labute approximate surface area is 156 Å². The summed E-state index contributed by atoms with van der Waals surface area (Å²) < 4.78 is 19.5. The number of nitrogens with zero attached hydrogens (tertiary/aromatic N) is 2. The van der Waals surface area contributed by atoms with Gasteiger partial charge >= 0.3 is 0 Å². The third kappa shape index (κ3) is 3.90. The van der Waals surface area contributed by atoms with Gasteiger partial charge in [-0.15, -0.1) is 0 Å². The van der Waals surface area contributed by atoms with Crippen molar-refractivity contribution in [1.82, 2.24) is 15.4 Å². The number of amides is 1. The van der Waals surface area contributed by atoms with Crippen LogP contribution in [0.15, 0.2) is 59.1 Å². The van der Waals surface area contributed by atoms with E-state index in [9.17, 15) is 9.18 Å². The normalized spacial score (nSPS) is 14.0. The molecule has 6 heteroatoms. The number of aromatic nitrogens is 1. The van der Waals surface area contributed by atoms with E-state index >= 15 is 0 Å². The lowest BCUT2D eigenvalue weighted by Gasteiger charge is -2.25. The first kappa shape index (κ1) is 17.4. The second-order valence-corrected chi connectivity index (χ2v) is 6.64. The Morgan fingerprint density at radius 2 is 1.93 bits per heavy atom. The zero-order valence-corrected chi connectivity index (χ0v) is 14.8. The molecule has 0 saturated heterocycles. The second-order valence-electron chi connectivity index (χ2n) is 6.64. The van der Waals surface area contributed by atoms with Crippen molar-refractivity contribution in [3.8, 4) is 11.3 Å². The molecule has 1 aliphatic heterocycles. The third-order valence-electron chi connectivity index (χ3n) is 4.74. The summed E-state index contributed by atoms with van der Waals surface area (Å²) >= 11 is 0. The maximum Gasteiger partial charge on any atom is 0.234 e. The molecule has 3 aromatic rings. The Bertz CT molecular complexity index is 940. The molecule has 0 fully saturated rings. The number of benzene rings is 2. The largest absolute Gasteiger partial charge is 0.360 e. The van der Waals surface area contributed by atoms with Crippen LogP contribution in [0.5, 0.6) is 0 Å². The maximum atomic E-state index is 14.1. The Morgan fingerprint density at radius 3 is 2.74 bits per heavy atom. The van der Waals surface area contributed by atoms with Gasteiger partial charge in [-0.1, -0.05) is 47.6 Å². The van der Waals surface area contributed by atoms with Gasteiger partial charge in [-0.3, -0.25) is 9.69 Å². The van der Waals surface area contributed by atoms with Gasteiger partial charge in [-0.2, -0.15) is 0 Å². The molecular formula is C21H20FN3O2. The van der Waals surface area contributed by atoms with Crippen LogP contribution in [0.25, 0.3) is 11.3 Å².